The SMILES string of the molecule is CC(C)Nc1n[nH]c(C(=O)NCc2ccccc2OCF)c1Cc1ccc(Cc2ccc[nH]c2=O)cc1. The number of aromatic nitrogens is 3. The van der Waals surface area contributed by atoms with Crippen LogP contribution in [-0.4, -0.2) is 34.0 Å². The van der Waals surface area contributed by atoms with Gasteiger partial charge >= 0.3 is 0 Å². The molecular weight excluding hydrogens is 473 g/mol. The zero-order chi connectivity index (χ0) is 26.2. The number of H-pyrrole nitrogens is 2. The number of rotatable bonds is 11. The number of benzene rings is 2. The van der Waals surface area contributed by atoms with Crippen molar-refractivity contribution in [2.75, 3.05) is 12.2 Å². The topological polar surface area (TPSA) is 112 Å². The van der Waals surface area contributed by atoms with E-state index in [9.17, 15) is 14.0 Å². The molecule has 1 amide bonds. The van der Waals surface area contributed by atoms with Gasteiger partial charge in [-0.25, -0.2) is 4.39 Å². The maximum absolute atomic E-state index is 13.1. The number of aromatic amines is 2. The summed E-state index contributed by atoms with van der Waals surface area (Å²) in [5.41, 5.74) is 4.38. The normalized spacial score (nSPS) is 10.9. The van der Waals surface area contributed by atoms with Crippen molar-refractivity contribution in [3.8, 4) is 5.75 Å². The molecule has 0 saturated heterocycles. The summed E-state index contributed by atoms with van der Waals surface area (Å²) in [5, 5.41) is 13.4. The Kier molecular flexibility index (Phi) is 8.35. The number of nitrogens with one attached hydrogen (secondary N) is 4. The fourth-order valence-corrected chi connectivity index (χ4v) is 4.03. The van der Waals surface area contributed by atoms with Crippen LogP contribution in [0.3, 0.4) is 0 Å². The molecule has 37 heavy (non-hydrogen) atoms. The molecule has 0 fully saturated rings. The maximum Gasteiger partial charge on any atom is 0.269 e. The van der Waals surface area contributed by atoms with E-state index in [1.807, 2.05) is 50.2 Å². The summed E-state index contributed by atoms with van der Waals surface area (Å²) < 4.78 is 17.7. The average Bonchev–Trinajstić information content (AvgIpc) is 3.27. The van der Waals surface area contributed by atoms with E-state index >= 15 is 0 Å². The van der Waals surface area contributed by atoms with E-state index in [2.05, 4.69) is 25.8 Å². The van der Waals surface area contributed by atoms with E-state index in [4.69, 9.17) is 4.74 Å². The fraction of sp³-hybridized carbons (Fsp3) is 0.250. The van der Waals surface area contributed by atoms with Crippen molar-refractivity contribution in [3.63, 3.8) is 0 Å². The average molecular weight is 504 g/mol. The first-order chi connectivity index (χ1) is 17.9. The Hall–Kier alpha value is -4.40. The van der Waals surface area contributed by atoms with E-state index in [1.165, 1.54) is 0 Å². The second-order valence-corrected chi connectivity index (χ2v) is 8.96. The molecule has 0 bridgehead atoms. The summed E-state index contributed by atoms with van der Waals surface area (Å²) in [4.78, 5) is 27.8. The summed E-state index contributed by atoms with van der Waals surface area (Å²) in [6.45, 7) is 3.23. The van der Waals surface area contributed by atoms with Crippen LogP contribution in [0.2, 0.25) is 0 Å². The lowest BCUT2D eigenvalue weighted by molar-refractivity contribution is 0.0944. The summed E-state index contributed by atoms with van der Waals surface area (Å²) in [6, 6.07) is 18.7. The van der Waals surface area contributed by atoms with Crippen molar-refractivity contribution in [2.45, 2.75) is 39.3 Å². The minimum Gasteiger partial charge on any atom is -0.463 e. The van der Waals surface area contributed by atoms with E-state index in [-0.39, 0.29) is 24.1 Å². The van der Waals surface area contributed by atoms with Crippen molar-refractivity contribution < 1.29 is 13.9 Å². The molecule has 0 saturated carbocycles. The summed E-state index contributed by atoms with van der Waals surface area (Å²) in [7, 11) is 0. The van der Waals surface area contributed by atoms with Crippen LogP contribution < -0.4 is 20.9 Å². The molecule has 0 aliphatic rings. The van der Waals surface area contributed by atoms with Gasteiger partial charge in [-0.3, -0.25) is 14.7 Å². The molecular formula is C28H30FN5O3. The third kappa shape index (κ3) is 6.63. The molecule has 9 heteroatoms. The maximum atomic E-state index is 13.1. The van der Waals surface area contributed by atoms with Gasteiger partial charge in [0, 0.05) is 48.3 Å². The van der Waals surface area contributed by atoms with Gasteiger partial charge in [0.05, 0.1) is 0 Å². The van der Waals surface area contributed by atoms with Gasteiger partial charge in [0.1, 0.15) is 11.4 Å². The lowest BCUT2D eigenvalue weighted by atomic mass is 10.00. The Morgan fingerprint density at radius 3 is 2.41 bits per heavy atom. The number of hydrogen-bond donors (Lipinski definition) is 4. The lowest BCUT2D eigenvalue weighted by Gasteiger charge is -2.12. The Labute approximate surface area is 214 Å². The number of anilines is 1. The molecule has 0 unspecified atom stereocenters. The highest BCUT2D eigenvalue weighted by atomic mass is 19.1. The predicted molar refractivity (Wildman–Crippen MR) is 141 cm³/mol. The first-order valence-electron chi connectivity index (χ1n) is 12.1. The summed E-state index contributed by atoms with van der Waals surface area (Å²) in [5.74, 6) is 0.672. The molecule has 0 radical (unpaired) electrons. The molecule has 2 heterocycles. The zero-order valence-electron chi connectivity index (χ0n) is 20.8. The number of amides is 1. The number of nitrogens with zero attached hydrogens (tertiary/aromatic N) is 1. The van der Waals surface area contributed by atoms with Gasteiger partial charge in [0.25, 0.3) is 11.5 Å². The van der Waals surface area contributed by atoms with Crippen LogP contribution in [0.15, 0.2) is 71.7 Å². The monoisotopic (exact) mass is 503 g/mol. The molecule has 0 spiro atoms. The molecule has 0 aliphatic heterocycles. The van der Waals surface area contributed by atoms with Gasteiger partial charge in [0.2, 0.25) is 6.86 Å². The smallest absolute Gasteiger partial charge is 0.269 e. The highest BCUT2D eigenvalue weighted by molar-refractivity contribution is 5.95. The van der Waals surface area contributed by atoms with Crippen LogP contribution >= 0.6 is 0 Å². The number of carbonyl (C=O) groups excluding carboxylic acids is 1. The molecule has 0 aliphatic carbocycles. The summed E-state index contributed by atoms with van der Waals surface area (Å²) in [6.07, 6.45) is 2.62. The van der Waals surface area contributed by atoms with E-state index < -0.39 is 6.86 Å². The quantitative estimate of drug-likeness (QED) is 0.243. The van der Waals surface area contributed by atoms with Gasteiger partial charge in [-0.2, -0.15) is 5.10 Å². The minimum atomic E-state index is -0.944. The van der Waals surface area contributed by atoms with Crippen LogP contribution in [0.5, 0.6) is 5.75 Å². The Morgan fingerprint density at radius 1 is 1.00 bits per heavy atom. The van der Waals surface area contributed by atoms with E-state index in [0.717, 1.165) is 16.7 Å². The number of alkyl halides is 1. The van der Waals surface area contributed by atoms with E-state index in [1.54, 1.807) is 30.5 Å². The van der Waals surface area contributed by atoms with Crippen LogP contribution in [0.25, 0.3) is 0 Å². The Bertz CT molecular complexity index is 1400. The number of para-hydroxylation sites is 1. The third-order valence-corrected chi connectivity index (χ3v) is 5.84. The largest absolute Gasteiger partial charge is 0.463 e. The first kappa shape index (κ1) is 25.7. The molecule has 4 N–H and O–H groups in total. The van der Waals surface area contributed by atoms with Crippen molar-refractivity contribution in [2.24, 2.45) is 0 Å². The number of carbonyl (C=O) groups is 1. The molecule has 4 rings (SSSR count). The highest BCUT2D eigenvalue weighted by Gasteiger charge is 2.20. The second kappa shape index (κ2) is 12.0. The van der Waals surface area contributed by atoms with Crippen molar-refractivity contribution in [1.82, 2.24) is 20.5 Å². The van der Waals surface area contributed by atoms with Gasteiger partial charge in [-0.05, 0) is 37.1 Å². The van der Waals surface area contributed by atoms with Crippen molar-refractivity contribution in [1.29, 1.82) is 0 Å². The van der Waals surface area contributed by atoms with Crippen molar-refractivity contribution >= 4 is 11.7 Å². The Balaban J connectivity index is 1.51. The zero-order valence-corrected chi connectivity index (χ0v) is 20.8. The number of ether oxygens (including phenoxy) is 1. The molecule has 2 aromatic heterocycles. The van der Waals surface area contributed by atoms with Gasteiger partial charge in [0.15, 0.2) is 5.82 Å². The molecule has 0 atom stereocenters. The third-order valence-electron chi connectivity index (χ3n) is 5.84. The predicted octanol–water partition coefficient (Wildman–Crippen LogP) is 4.34. The van der Waals surface area contributed by atoms with Crippen LogP contribution in [0.4, 0.5) is 10.2 Å². The van der Waals surface area contributed by atoms with Crippen LogP contribution in [0.1, 0.15) is 52.2 Å². The number of halogens is 1. The molecule has 8 nitrogen and oxygen atoms in total. The standard InChI is InChI=1S/C28H30FN5O3/c1-18(2)32-26-23(15-20-11-9-19(10-12-20)14-21-7-5-13-30-27(21)35)25(33-34-26)28(36)31-16-22-6-3-4-8-24(22)37-17-29/h3-13,18H,14-17H2,1-2H3,(H,30,35)(H,31,36)(H2,32,33,34). The molecule has 192 valence electrons. The van der Waals surface area contributed by atoms with Gasteiger partial charge < -0.3 is 20.4 Å². The van der Waals surface area contributed by atoms with E-state index in [0.29, 0.717) is 41.2 Å². The van der Waals surface area contributed by atoms with Crippen molar-refractivity contribution in [3.05, 3.63) is 111 Å². The van der Waals surface area contributed by atoms with Crippen LogP contribution in [0, 0.1) is 0 Å². The minimum absolute atomic E-state index is 0.0936. The lowest BCUT2D eigenvalue weighted by Crippen LogP contribution is -2.25. The summed E-state index contributed by atoms with van der Waals surface area (Å²) >= 11 is 0. The first-order valence-corrected chi connectivity index (χ1v) is 12.1. The fourth-order valence-electron chi connectivity index (χ4n) is 4.03. The number of hydrogen-bond acceptors (Lipinski definition) is 5. The Morgan fingerprint density at radius 2 is 1.70 bits per heavy atom. The molecule has 2 aromatic carbocycles. The van der Waals surface area contributed by atoms with Gasteiger partial charge in [-0.15, -0.1) is 0 Å². The molecule has 4 aromatic rings. The van der Waals surface area contributed by atoms with Gasteiger partial charge in [-0.1, -0.05) is 48.5 Å². The second-order valence-electron chi connectivity index (χ2n) is 8.96. The highest BCUT2D eigenvalue weighted by Crippen LogP contribution is 2.23. The van der Waals surface area contributed by atoms with Crippen LogP contribution in [-0.2, 0) is 19.4 Å². The number of pyridine rings is 1.